The van der Waals surface area contributed by atoms with Gasteiger partial charge in [0.1, 0.15) is 17.7 Å². The van der Waals surface area contributed by atoms with E-state index in [-0.39, 0.29) is 5.71 Å². The Bertz CT molecular complexity index is 684. The third-order valence-corrected chi connectivity index (χ3v) is 4.77. The van der Waals surface area contributed by atoms with Crippen LogP contribution in [-0.4, -0.2) is 55.2 Å². The molecule has 1 unspecified atom stereocenters. The molecule has 1 aromatic heterocycles. The normalized spacial score (nSPS) is 17.7. The highest BCUT2D eigenvalue weighted by Crippen LogP contribution is 2.27. The molecular weight excluding hydrogens is 335 g/mol. The maximum atomic E-state index is 13.9. The van der Waals surface area contributed by atoms with Gasteiger partial charge >= 0.3 is 0 Å². The molecule has 4 N–H and O–H groups in total. The lowest BCUT2D eigenvalue weighted by atomic mass is 9.94. The molecule has 2 rings (SSSR count). The lowest BCUT2D eigenvalue weighted by molar-refractivity contribution is 0.448. The minimum absolute atomic E-state index is 0.0656. The van der Waals surface area contributed by atoms with Crippen molar-refractivity contribution in [1.29, 1.82) is 5.41 Å². The van der Waals surface area contributed by atoms with E-state index in [2.05, 4.69) is 20.8 Å². The predicted molar refractivity (Wildman–Crippen MR) is 103 cm³/mol. The van der Waals surface area contributed by atoms with Crippen LogP contribution < -0.4 is 15.6 Å². The Morgan fingerprint density at radius 2 is 2.19 bits per heavy atom. The number of nitrogens with zero attached hydrogens (tertiary/aromatic N) is 3. The van der Waals surface area contributed by atoms with E-state index in [1.54, 1.807) is 25.9 Å². The molecule has 26 heavy (non-hydrogen) atoms. The summed E-state index contributed by atoms with van der Waals surface area (Å²) >= 11 is 0. The van der Waals surface area contributed by atoms with Crippen LogP contribution in [0.15, 0.2) is 29.3 Å². The zero-order valence-corrected chi connectivity index (χ0v) is 15.5. The molecule has 2 heterocycles. The standard InChI is InChI=1S/C18H27FN6O/c1-12(18(24-21-2)14(19)11-26)25(3)17-5-4-15(23-16(17)10-20)13-6-8-22-9-7-13/h4-5,10-13,20-22,26H,6-9H2,1-3H3/b14-11-,20-10?,24-18+. The van der Waals surface area contributed by atoms with Crippen LogP contribution in [0, 0.1) is 5.41 Å². The van der Waals surface area contributed by atoms with Gasteiger partial charge in [0.05, 0.1) is 11.7 Å². The molecule has 0 aliphatic carbocycles. The van der Waals surface area contributed by atoms with Crippen LogP contribution in [0.3, 0.4) is 0 Å². The zero-order chi connectivity index (χ0) is 19.1. The van der Waals surface area contributed by atoms with Crippen LogP contribution in [0.2, 0.25) is 0 Å². The molecule has 1 saturated heterocycles. The number of pyridine rings is 1. The van der Waals surface area contributed by atoms with Crippen molar-refractivity contribution in [3.05, 3.63) is 35.6 Å². The van der Waals surface area contributed by atoms with Crippen molar-refractivity contribution in [2.24, 2.45) is 5.10 Å². The van der Waals surface area contributed by atoms with Crippen molar-refractivity contribution in [2.75, 3.05) is 32.1 Å². The van der Waals surface area contributed by atoms with Crippen LogP contribution in [0.1, 0.15) is 37.1 Å². The minimum atomic E-state index is -0.811. The summed E-state index contributed by atoms with van der Waals surface area (Å²) in [5, 5.41) is 24.0. The maximum absolute atomic E-state index is 13.9. The number of aliphatic hydroxyl groups excluding tert-OH is 1. The van der Waals surface area contributed by atoms with E-state index in [1.165, 1.54) is 6.21 Å². The zero-order valence-electron chi connectivity index (χ0n) is 15.5. The summed E-state index contributed by atoms with van der Waals surface area (Å²) in [5.74, 6) is -0.419. The molecule has 0 radical (unpaired) electrons. The van der Waals surface area contributed by atoms with Crippen molar-refractivity contribution in [3.63, 3.8) is 0 Å². The monoisotopic (exact) mass is 362 g/mol. The van der Waals surface area contributed by atoms with Gasteiger partial charge in [-0.3, -0.25) is 0 Å². The first-order valence-electron chi connectivity index (χ1n) is 8.73. The van der Waals surface area contributed by atoms with Crippen LogP contribution in [0.25, 0.3) is 0 Å². The van der Waals surface area contributed by atoms with Crippen molar-refractivity contribution in [1.82, 2.24) is 15.7 Å². The molecule has 1 aromatic rings. The summed E-state index contributed by atoms with van der Waals surface area (Å²) in [6.07, 6.45) is 3.68. The van der Waals surface area contributed by atoms with Crippen molar-refractivity contribution in [2.45, 2.75) is 31.7 Å². The van der Waals surface area contributed by atoms with Crippen molar-refractivity contribution < 1.29 is 9.50 Å². The largest absolute Gasteiger partial charge is 0.512 e. The Morgan fingerprint density at radius 3 is 2.77 bits per heavy atom. The van der Waals surface area contributed by atoms with Crippen LogP contribution in [0.5, 0.6) is 0 Å². The van der Waals surface area contributed by atoms with Gasteiger partial charge in [-0.15, -0.1) is 0 Å². The summed E-state index contributed by atoms with van der Waals surface area (Å²) in [7, 11) is 3.35. The van der Waals surface area contributed by atoms with Crippen LogP contribution in [-0.2, 0) is 0 Å². The highest BCUT2D eigenvalue weighted by atomic mass is 19.1. The molecule has 0 amide bonds. The van der Waals surface area contributed by atoms with Gasteiger partial charge in [0.15, 0.2) is 5.83 Å². The summed E-state index contributed by atoms with van der Waals surface area (Å²) in [6, 6.07) is 3.42. The number of halogens is 1. The molecule has 1 atom stereocenters. The van der Waals surface area contributed by atoms with Crippen LogP contribution >= 0.6 is 0 Å². The van der Waals surface area contributed by atoms with E-state index < -0.39 is 11.9 Å². The van der Waals surface area contributed by atoms with E-state index in [4.69, 9.17) is 10.5 Å². The number of hydrazone groups is 1. The molecule has 8 heteroatoms. The Morgan fingerprint density at radius 1 is 1.50 bits per heavy atom. The second-order valence-electron chi connectivity index (χ2n) is 6.29. The Balaban J connectivity index is 2.31. The summed E-state index contributed by atoms with van der Waals surface area (Å²) < 4.78 is 13.9. The first-order chi connectivity index (χ1) is 12.5. The van der Waals surface area contributed by atoms with Gasteiger partial charge in [-0.05, 0) is 45.0 Å². The number of piperidine rings is 1. The van der Waals surface area contributed by atoms with Crippen molar-refractivity contribution >= 4 is 17.6 Å². The summed E-state index contributed by atoms with van der Waals surface area (Å²) in [5.41, 5.74) is 4.85. The van der Waals surface area contributed by atoms with E-state index in [9.17, 15) is 4.39 Å². The molecule has 1 fully saturated rings. The molecule has 7 nitrogen and oxygen atoms in total. The van der Waals surface area contributed by atoms with Gasteiger partial charge < -0.3 is 26.2 Å². The second-order valence-corrected chi connectivity index (χ2v) is 6.29. The number of hydrogen-bond donors (Lipinski definition) is 4. The number of rotatable bonds is 7. The lowest BCUT2D eigenvalue weighted by Crippen LogP contribution is -2.38. The molecule has 1 aliphatic rings. The smallest absolute Gasteiger partial charge is 0.182 e. The Kier molecular flexibility index (Phi) is 7.08. The van der Waals surface area contributed by atoms with Gasteiger partial charge in [-0.1, -0.05) is 0 Å². The van der Waals surface area contributed by atoms with E-state index >= 15 is 0 Å². The summed E-state index contributed by atoms with van der Waals surface area (Å²) in [4.78, 5) is 6.45. The van der Waals surface area contributed by atoms with Gasteiger partial charge in [-0.25, -0.2) is 9.37 Å². The lowest BCUT2D eigenvalue weighted by Gasteiger charge is -2.29. The fourth-order valence-corrected chi connectivity index (χ4v) is 3.16. The first kappa shape index (κ1) is 19.8. The molecule has 0 bridgehead atoms. The number of aromatic nitrogens is 1. The Labute approximate surface area is 153 Å². The maximum Gasteiger partial charge on any atom is 0.182 e. The highest BCUT2D eigenvalue weighted by molar-refractivity contribution is 6.04. The average molecular weight is 362 g/mol. The predicted octanol–water partition coefficient (Wildman–Crippen LogP) is 2.32. The fraction of sp³-hybridized carbons (Fsp3) is 0.500. The average Bonchev–Trinajstić information content (AvgIpc) is 2.70. The number of anilines is 1. The van der Waals surface area contributed by atoms with Gasteiger partial charge in [-0.2, -0.15) is 5.10 Å². The number of aliphatic hydroxyl groups is 1. The van der Waals surface area contributed by atoms with E-state index in [1.807, 2.05) is 12.1 Å². The number of nitrogens with one attached hydrogen (secondary N) is 3. The van der Waals surface area contributed by atoms with Crippen molar-refractivity contribution in [3.8, 4) is 0 Å². The molecule has 1 aliphatic heterocycles. The molecule has 0 aromatic carbocycles. The SMILES string of the molecule is CN/N=C(/C(F)=C/O)C(C)N(C)c1ccc(C2CCNCC2)nc1C=N. The number of hydrogen-bond acceptors (Lipinski definition) is 7. The fourth-order valence-electron chi connectivity index (χ4n) is 3.16. The van der Waals surface area contributed by atoms with E-state index in [0.717, 1.165) is 31.6 Å². The quantitative estimate of drug-likeness (QED) is 0.339. The van der Waals surface area contributed by atoms with Gasteiger partial charge in [0, 0.05) is 31.9 Å². The molecule has 142 valence electrons. The third-order valence-electron chi connectivity index (χ3n) is 4.77. The molecule has 0 saturated carbocycles. The Hall–Kier alpha value is -2.48. The highest BCUT2D eigenvalue weighted by Gasteiger charge is 2.24. The third kappa shape index (κ3) is 4.37. The second kappa shape index (κ2) is 9.28. The van der Waals surface area contributed by atoms with Gasteiger partial charge in [0.2, 0.25) is 0 Å². The molecular formula is C18H27FN6O. The first-order valence-corrected chi connectivity index (χ1v) is 8.73. The van der Waals surface area contributed by atoms with Crippen LogP contribution in [0.4, 0.5) is 10.1 Å². The molecule has 0 spiro atoms. The van der Waals surface area contributed by atoms with Gasteiger partial charge in [0.25, 0.3) is 0 Å². The summed E-state index contributed by atoms with van der Waals surface area (Å²) in [6.45, 7) is 3.72. The van der Waals surface area contributed by atoms with E-state index in [0.29, 0.717) is 23.6 Å². The minimum Gasteiger partial charge on any atom is -0.512 e. The topological polar surface area (TPSA) is 96.6 Å².